The molecule has 0 unspecified atom stereocenters. The Kier molecular flexibility index (Phi) is 4.80. The van der Waals surface area contributed by atoms with Crippen LogP contribution in [0.15, 0.2) is 12.1 Å². The quantitative estimate of drug-likeness (QED) is 0.576. The summed E-state index contributed by atoms with van der Waals surface area (Å²) in [6.07, 6.45) is 2.57. The normalized spacial score (nSPS) is 20.8. The zero-order valence-corrected chi connectivity index (χ0v) is 14.8. The van der Waals surface area contributed by atoms with Gasteiger partial charge in [-0.05, 0) is 78.4 Å². The number of benzene rings is 1. The maximum absolute atomic E-state index is 12.9. The second kappa shape index (κ2) is 6.70. The first-order valence-corrected chi connectivity index (χ1v) is 8.69. The van der Waals surface area contributed by atoms with Gasteiger partial charge in [0.2, 0.25) is 0 Å². The second-order valence-electron chi connectivity index (χ2n) is 7.07. The molecule has 1 aromatic carbocycles. The number of carbonyl (C=O) groups is 2. The van der Waals surface area contributed by atoms with Gasteiger partial charge in [0.15, 0.2) is 0 Å². The van der Waals surface area contributed by atoms with Gasteiger partial charge in [0.1, 0.15) is 17.5 Å². The van der Waals surface area contributed by atoms with E-state index < -0.39 is 5.92 Å². The number of halogens is 1. The fourth-order valence-corrected chi connectivity index (χ4v) is 4.33. The minimum atomic E-state index is -0.628. The van der Waals surface area contributed by atoms with Crippen LogP contribution < -0.4 is 0 Å². The van der Waals surface area contributed by atoms with Gasteiger partial charge in [0.25, 0.3) is 0 Å². The molecule has 1 aliphatic carbocycles. The molecule has 24 heavy (non-hydrogen) atoms. The Morgan fingerprint density at radius 3 is 2.12 bits per heavy atom. The summed E-state index contributed by atoms with van der Waals surface area (Å²) in [7, 11) is 0. The van der Waals surface area contributed by atoms with Crippen LogP contribution in [0.3, 0.4) is 0 Å². The zero-order valence-electron chi connectivity index (χ0n) is 14.1. The molecule has 2 fully saturated rings. The van der Waals surface area contributed by atoms with Crippen molar-refractivity contribution in [3.05, 3.63) is 34.4 Å². The summed E-state index contributed by atoms with van der Waals surface area (Å²) in [6, 6.07) is 3.80. The lowest BCUT2D eigenvalue weighted by Crippen LogP contribution is -2.42. The number of ether oxygens (including phenoxy) is 1. The van der Waals surface area contributed by atoms with Crippen LogP contribution in [0.2, 0.25) is 0 Å². The van der Waals surface area contributed by atoms with Crippen LogP contribution in [0.5, 0.6) is 0 Å². The molecule has 1 spiro atoms. The number of hydrogen-bond acceptors (Lipinski definition) is 3. The van der Waals surface area contributed by atoms with Crippen LogP contribution >= 0.6 is 11.6 Å². The number of aryl methyl sites for hydroxylation is 2. The van der Waals surface area contributed by atoms with Crippen molar-refractivity contribution < 1.29 is 14.3 Å². The molecule has 1 saturated heterocycles. The smallest absolute Gasteiger partial charge is 0.148 e. The van der Waals surface area contributed by atoms with Crippen molar-refractivity contribution in [3.63, 3.8) is 0 Å². The number of Topliss-reactive ketones (excluding diaryl/α,β-unsaturated/α-hetero) is 2. The van der Waals surface area contributed by atoms with Gasteiger partial charge in [-0.25, -0.2) is 0 Å². The van der Waals surface area contributed by atoms with Crippen molar-refractivity contribution in [1.29, 1.82) is 0 Å². The van der Waals surface area contributed by atoms with E-state index in [1.165, 1.54) is 0 Å². The van der Waals surface area contributed by atoms with E-state index in [2.05, 4.69) is 11.3 Å². The Hall–Kier alpha value is -1.63. The van der Waals surface area contributed by atoms with Crippen LogP contribution in [0, 0.1) is 30.6 Å². The van der Waals surface area contributed by atoms with E-state index in [0.29, 0.717) is 26.1 Å². The monoisotopic (exact) mass is 344 g/mol. The van der Waals surface area contributed by atoms with Gasteiger partial charge in [0, 0.05) is 37.0 Å². The Balaban J connectivity index is 1.94. The molecule has 2 aliphatic rings. The third kappa shape index (κ3) is 3.14. The van der Waals surface area contributed by atoms with E-state index in [1.807, 2.05) is 26.0 Å². The average molecular weight is 345 g/mol. The number of hydrogen-bond donors (Lipinski definition) is 0. The van der Waals surface area contributed by atoms with Gasteiger partial charge in [-0.3, -0.25) is 9.59 Å². The SMILES string of the molecule is Cc1cc(C#CCl)cc(C)c1C1C(=O)CC2(CCOCC2)CC1=O. The lowest BCUT2D eigenvalue weighted by atomic mass is 9.63. The topological polar surface area (TPSA) is 43.4 Å². The molecule has 126 valence electrons. The summed E-state index contributed by atoms with van der Waals surface area (Å²) < 4.78 is 5.41. The van der Waals surface area contributed by atoms with E-state index in [4.69, 9.17) is 16.3 Å². The van der Waals surface area contributed by atoms with Gasteiger partial charge in [-0.1, -0.05) is 0 Å². The van der Waals surface area contributed by atoms with E-state index in [-0.39, 0.29) is 17.0 Å². The molecule has 0 amide bonds. The number of rotatable bonds is 1. The fourth-order valence-electron chi connectivity index (χ4n) is 4.22. The fraction of sp³-hybridized carbons (Fsp3) is 0.500. The highest BCUT2D eigenvalue weighted by molar-refractivity contribution is 6.30. The molecule has 4 heteroatoms. The summed E-state index contributed by atoms with van der Waals surface area (Å²) >= 11 is 5.48. The minimum absolute atomic E-state index is 0.0514. The predicted molar refractivity (Wildman–Crippen MR) is 93.1 cm³/mol. The van der Waals surface area contributed by atoms with Crippen molar-refractivity contribution in [2.24, 2.45) is 5.41 Å². The minimum Gasteiger partial charge on any atom is -0.381 e. The average Bonchev–Trinajstić information content (AvgIpc) is 2.50. The van der Waals surface area contributed by atoms with E-state index in [9.17, 15) is 9.59 Å². The standard InChI is InChI=1S/C20H21ClO3/c1-13-9-15(3-6-21)10-14(2)18(13)19-16(22)11-20(12-17(19)23)4-7-24-8-5-20/h9-10,19H,4-5,7-8,11-12H2,1-2H3. The van der Waals surface area contributed by atoms with Crippen molar-refractivity contribution in [2.45, 2.75) is 45.4 Å². The molecule has 0 aromatic heterocycles. The van der Waals surface area contributed by atoms with E-state index in [0.717, 1.165) is 35.1 Å². The highest BCUT2D eigenvalue weighted by Crippen LogP contribution is 2.46. The molecule has 1 saturated carbocycles. The summed E-state index contributed by atoms with van der Waals surface area (Å²) in [5.41, 5.74) is 3.35. The van der Waals surface area contributed by atoms with Gasteiger partial charge in [-0.15, -0.1) is 0 Å². The van der Waals surface area contributed by atoms with Crippen molar-refractivity contribution in [2.75, 3.05) is 13.2 Å². The van der Waals surface area contributed by atoms with Crippen LogP contribution in [-0.2, 0) is 14.3 Å². The number of ketones is 2. The number of carbonyl (C=O) groups excluding carboxylic acids is 2. The highest BCUT2D eigenvalue weighted by Gasteiger charge is 2.46. The Bertz CT molecular complexity index is 705. The molecule has 0 N–H and O–H groups in total. The Morgan fingerprint density at radius 1 is 1.08 bits per heavy atom. The summed E-state index contributed by atoms with van der Waals surface area (Å²) in [5.74, 6) is 2.29. The van der Waals surface area contributed by atoms with Crippen LogP contribution in [0.4, 0.5) is 0 Å². The molecule has 1 aromatic rings. The van der Waals surface area contributed by atoms with E-state index >= 15 is 0 Å². The van der Waals surface area contributed by atoms with Crippen molar-refractivity contribution in [1.82, 2.24) is 0 Å². The van der Waals surface area contributed by atoms with Crippen LogP contribution in [-0.4, -0.2) is 24.8 Å². The lowest BCUT2D eigenvalue weighted by molar-refractivity contribution is -0.139. The predicted octanol–water partition coefficient (Wildman–Crippen LogP) is 3.66. The molecule has 0 radical (unpaired) electrons. The molecular weight excluding hydrogens is 324 g/mol. The Morgan fingerprint density at radius 2 is 1.62 bits per heavy atom. The van der Waals surface area contributed by atoms with Crippen LogP contribution in [0.1, 0.15) is 53.9 Å². The third-order valence-corrected chi connectivity index (χ3v) is 5.46. The second-order valence-corrected chi connectivity index (χ2v) is 7.26. The third-order valence-electron chi connectivity index (χ3n) is 5.37. The lowest BCUT2D eigenvalue weighted by Gasteiger charge is -2.41. The molecule has 3 nitrogen and oxygen atoms in total. The first-order chi connectivity index (χ1) is 11.5. The first-order valence-electron chi connectivity index (χ1n) is 8.32. The van der Waals surface area contributed by atoms with Crippen molar-refractivity contribution >= 4 is 23.2 Å². The highest BCUT2D eigenvalue weighted by atomic mass is 35.5. The van der Waals surface area contributed by atoms with Gasteiger partial charge in [0.05, 0.1) is 0 Å². The molecule has 0 atom stereocenters. The van der Waals surface area contributed by atoms with Crippen molar-refractivity contribution in [3.8, 4) is 11.3 Å². The Labute approximate surface area is 147 Å². The maximum Gasteiger partial charge on any atom is 0.148 e. The van der Waals surface area contributed by atoms with E-state index in [1.54, 1.807) is 0 Å². The van der Waals surface area contributed by atoms with Crippen LogP contribution in [0.25, 0.3) is 0 Å². The summed E-state index contributed by atoms with van der Waals surface area (Å²) in [6.45, 7) is 5.16. The molecule has 3 rings (SSSR count). The maximum atomic E-state index is 12.9. The molecular formula is C20H21ClO3. The van der Waals surface area contributed by atoms with Gasteiger partial charge in [-0.2, -0.15) is 0 Å². The summed E-state index contributed by atoms with van der Waals surface area (Å²) in [5, 5.41) is 2.37. The molecule has 0 bridgehead atoms. The molecule has 1 aliphatic heterocycles. The summed E-state index contributed by atoms with van der Waals surface area (Å²) in [4.78, 5) is 25.8. The van der Waals surface area contributed by atoms with Gasteiger partial charge >= 0.3 is 0 Å². The largest absolute Gasteiger partial charge is 0.381 e. The van der Waals surface area contributed by atoms with Gasteiger partial charge < -0.3 is 4.74 Å². The molecule has 1 heterocycles. The zero-order chi connectivity index (χ0) is 17.3. The first kappa shape index (κ1) is 17.2.